The van der Waals surface area contributed by atoms with Gasteiger partial charge in [0.1, 0.15) is 6.33 Å². The Morgan fingerprint density at radius 1 is 1.08 bits per heavy atom. The van der Waals surface area contributed by atoms with Gasteiger partial charge in [0.05, 0.1) is 5.56 Å². The van der Waals surface area contributed by atoms with Gasteiger partial charge in [-0.25, -0.2) is 5.10 Å². The third-order valence-electron chi connectivity index (χ3n) is 3.54. The van der Waals surface area contributed by atoms with Crippen LogP contribution >= 0.6 is 11.8 Å². The van der Waals surface area contributed by atoms with Gasteiger partial charge in [-0.15, -0.1) is 0 Å². The lowest BCUT2D eigenvalue weighted by Crippen LogP contribution is -2.06. The van der Waals surface area contributed by atoms with Crippen molar-refractivity contribution in [2.24, 2.45) is 0 Å². The molecule has 0 unspecified atom stereocenters. The van der Waals surface area contributed by atoms with E-state index in [0.29, 0.717) is 5.95 Å². The van der Waals surface area contributed by atoms with E-state index in [1.807, 2.05) is 26.0 Å². The lowest BCUT2D eigenvalue weighted by molar-refractivity contribution is -0.139. The summed E-state index contributed by atoms with van der Waals surface area (Å²) in [5.41, 5.74) is 1.93. The second kappa shape index (κ2) is 6.79. The molecule has 1 aromatic heterocycles. The number of aryl methyl sites for hydroxylation is 2. The van der Waals surface area contributed by atoms with Crippen molar-refractivity contribution in [3.05, 3.63) is 59.4 Å². The Morgan fingerprint density at radius 2 is 1.76 bits per heavy atom. The Morgan fingerprint density at radius 3 is 2.36 bits per heavy atom. The fourth-order valence-corrected chi connectivity index (χ4v) is 3.59. The molecule has 0 aliphatic heterocycles. The minimum atomic E-state index is -4.38. The smallest absolute Gasteiger partial charge is 0.325 e. The van der Waals surface area contributed by atoms with Crippen LogP contribution in [-0.2, 0) is 6.18 Å². The molecule has 0 saturated heterocycles. The van der Waals surface area contributed by atoms with Gasteiger partial charge in [-0.05, 0) is 49.2 Å². The maximum absolute atomic E-state index is 13.2. The molecule has 0 spiro atoms. The summed E-state index contributed by atoms with van der Waals surface area (Å²) < 4.78 is 39.6. The van der Waals surface area contributed by atoms with Crippen molar-refractivity contribution in [1.82, 2.24) is 15.2 Å². The molecule has 0 fully saturated rings. The number of nitrogens with zero attached hydrogens (tertiary/aromatic N) is 2. The number of aromatic amines is 1. The molecule has 3 aromatic rings. The maximum atomic E-state index is 13.2. The van der Waals surface area contributed by atoms with E-state index in [0.717, 1.165) is 39.5 Å². The van der Waals surface area contributed by atoms with Crippen molar-refractivity contribution in [3.8, 4) is 0 Å². The first kappa shape index (κ1) is 17.3. The quantitative estimate of drug-likeness (QED) is 0.656. The number of benzene rings is 2. The number of hydrogen-bond donors (Lipinski definition) is 2. The summed E-state index contributed by atoms with van der Waals surface area (Å²) in [7, 11) is 0. The summed E-state index contributed by atoms with van der Waals surface area (Å²) in [4.78, 5) is 4.99. The highest BCUT2D eigenvalue weighted by Gasteiger charge is 2.33. The summed E-state index contributed by atoms with van der Waals surface area (Å²) >= 11 is 1.13. The van der Waals surface area contributed by atoms with Crippen LogP contribution in [0.25, 0.3) is 0 Å². The number of rotatable bonds is 4. The second-order valence-corrected chi connectivity index (χ2v) is 6.55. The molecule has 0 aliphatic rings. The lowest BCUT2D eigenvalue weighted by Gasteiger charge is -2.16. The summed E-state index contributed by atoms with van der Waals surface area (Å²) in [5.74, 6) is 0.502. The van der Waals surface area contributed by atoms with Crippen molar-refractivity contribution >= 4 is 23.4 Å². The van der Waals surface area contributed by atoms with Crippen LogP contribution in [0.4, 0.5) is 24.8 Å². The predicted octanol–water partition coefficient (Wildman–Crippen LogP) is 5.34. The second-order valence-electron chi connectivity index (χ2n) is 5.49. The number of halogens is 3. The fraction of sp³-hybridized carbons (Fsp3) is 0.176. The van der Waals surface area contributed by atoms with Gasteiger partial charge in [0.25, 0.3) is 0 Å². The van der Waals surface area contributed by atoms with Gasteiger partial charge in [-0.3, -0.25) is 0 Å². The molecule has 3 rings (SSSR count). The molecule has 25 heavy (non-hydrogen) atoms. The minimum absolute atomic E-state index is 0.192. The van der Waals surface area contributed by atoms with Crippen LogP contribution in [-0.4, -0.2) is 15.2 Å². The van der Waals surface area contributed by atoms with E-state index >= 15 is 0 Å². The number of H-pyrrole nitrogens is 1. The number of aromatic nitrogens is 3. The van der Waals surface area contributed by atoms with Crippen LogP contribution in [0.1, 0.15) is 16.7 Å². The zero-order valence-electron chi connectivity index (χ0n) is 13.5. The molecule has 0 atom stereocenters. The van der Waals surface area contributed by atoms with Crippen molar-refractivity contribution in [2.75, 3.05) is 5.32 Å². The number of hydrogen-bond acceptors (Lipinski definition) is 4. The average Bonchev–Trinajstić information content (AvgIpc) is 3.03. The third-order valence-corrected chi connectivity index (χ3v) is 4.97. The van der Waals surface area contributed by atoms with E-state index in [1.165, 1.54) is 18.5 Å². The number of nitrogens with one attached hydrogen (secondary N) is 2. The Balaban J connectivity index is 1.92. The molecule has 0 bridgehead atoms. The highest BCUT2D eigenvalue weighted by atomic mass is 32.2. The average molecular weight is 364 g/mol. The van der Waals surface area contributed by atoms with E-state index in [2.05, 4.69) is 20.5 Å². The molecule has 8 heteroatoms. The van der Waals surface area contributed by atoms with Gasteiger partial charge in [-0.1, -0.05) is 23.9 Å². The maximum Gasteiger partial charge on any atom is 0.417 e. The van der Waals surface area contributed by atoms with Crippen LogP contribution in [0.3, 0.4) is 0 Å². The normalized spacial score (nSPS) is 11.6. The largest absolute Gasteiger partial charge is 0.417 e. The fourth-order valence-electron chi connectivity index (χ4n) is 2.49. The first-order chi connectivity index (χ1) is 11.8. The standard InChI is InChI=1S/C17H15F3N4S/c1-10-7-12(23-16-21-9-22-24-16)8-11(2)15(10)25-14-6-4-3-5-13(14)17(18,19)20/h3-9H,1-2H3,(H2,21,22,23,24). The SMILES string of the molecule is Cc1cc(Nc2ncn[nH]2)cc(C)c1Sc1ccccc1C(F)(F)F. The molecule has 0 saturated carbocycles. The van der Waals surface area contributed by atoms with E-state index in [1.54, 1.807) is 6.07 Å². The highest BCUT2D eigenvalue weighted by Crippen LogP contribution is 2.41. The number of anilines is 2. The molecule has 0 amide bonds. The molecule has 0 radical (unpaired) electrons. The molecule has 130 valence electrons. The molecule has 2 N–H and O–H groups in total. The third kappa shape index (κ3) is 3.96. The first-order valence-corrected chi connectivity index (χ1v) is 8.24. The van der Waals surface area contributed by atoms with Gasteiger partial charge in [0.15, 0.2) is 0 Å². The van der Waals surface area contributed by atoms with Crippen LogP contribution in [0.5, 0.6) is 0 Å². The van der Waals surface area contributed by atoms with E-state index in [4.69, 9.17) is 0 Å². The minimum Gasteiger partial charge on any atom is -0.325 e. The Hall–Kier alpha value is -2.48. The van der Waals surface area contributed by atoms with Crippen LogP contribution in [0, 0.1) is 13.8 Å². The lowest BCUT2D eigenvalue weighted by atomic mass is 10.1. The highest BCUT2D eigenvalue weighted by molar-refractivity contribution is 7.99. The molecule has 0 aliphatic carbocycles. The predicted molar refractivity (Wildman–Crippen MR) is 91.1 cm³/mol. The molecular weight excluding hydrogens is 349 g/mol. The number of alkyl halides is 3. The van der Waals surface area contributed by atoms with Gasteiger partial charge in [0, 0.05) is 15.5 Å². The summed E-state index contributed by atoms with van der Waals surface area (Å²) in [5, 5.41) is 9.53. The molecular formula is C17H15F3N4S. The molecule has 2 aromatic carbocycles. The van der Waals surface area contributed by atoms with Gasteiger partial charge < -0.3 is 5.32 Å². The van der Waals surface area contributed by atoms with E-state index in [9.17, 15) is 13.2 Å². The summed E-state index contributed by atoms with van der Waals surface area (Å²) in [6, 6.07) is 9.35. The van der Waals surface area contributed by atoms with Crippen LogP contribution < -0.4 is 5.32 Å². The first-order valence-electron chi connectivity index (χ1n) is 7.42. The Kier molecular flexibility index (Phi) is 4.71. The van der Waals surface area contributed by atoms with E-state index < -0.39 is 11.7 Å². The molecule has 1 heterocycles. The van der Waals surface area contributed by atoms with Gasteiger partial charge in [-0.2, -0.15) is 23.3 Å². The molecule has 4 nitrogen and oxygen atoms in total. The van der Waals surface area contributed by atoms with Crippen molar-refractivity contribution in [2.45, 2.75) is 29.8 Å². The van der Waals surface area contributed by atoms with Crippen molar-refractivity contribution < 1.29 is 13.2 Å². The van der Waals surface area contributed by atoms with Crippen LogP contribution in [0.15, 0.2) is 52.5 Å². The van der Waals surface area contributed by atoms with Gasteiger partial charge >= 0.3 is 6.18 Å². The monoisotopic (exact) mass is 364 g/mol. The topological polar surface area (TPSA) is 53.6 Å². The van der Waals surface area contributed by atoms with Gasteiger partial charge in [0.2, 0.25) is 5.95 Å². The Labute approximate surface area is 146 Å². The zero-order chi connectivity index (χ0) is 18.0. The van der Waals surface area contributed by atoms with Crippen molar-refractivity contribution in [3.63, 3.8) is 0 Å². The summed E-state index contributed by atoms with van der Waals surface area (Å²) in [6.45, 7) is 3.74. The summed E-state index contributed by atoms with van der Waals surface area (Å²) in [6.07, 6.45) is -2.99. The van der Waals surface area contributed by atoms with E-state index in [-0.39, 0.29) is 4.90 Å². The van der Waals surface area contributed by atoms with Crippen LogP contribution in [0.2, 0.25) is 0 Å². The zero-order valence-corrected chi connectivity index (χ0v) is 14.3. The van der Waals surface area contributed by atoms with Crippen molar-refractivity contribution in [1.29, 1.82) is 0 Å². The Bertz CT molecular complexity index is 853.